The highest BCUT2D eigenvalue weighted by molar-refractivity contribution is 7.15. The third-order valence-corrected chi connectivity index (χ3v) is 7.02. The second-order valence-corrected chi connectivity index (χ2v) is 8.44. The molecular formula is C20H26N2O2S. The highest BCUT2D eigenvalue weighted by atomic mass is 32.1. The van der Waals surface area contributed by atoms with E-state index < -0.39 is 0 Å². The Bertz CT molecular complexity index is 740. The largest absolute Gasteiger partial charge is 0.393 e. The number of aromatic nitrogens is 1. The Morgan fingerprint density at radius 1 is 1.20 bits per heavy atom. The van der Waals surface area contributed by atoms with Crippen molar-refractivity contribution in [2.24, 2.45) is 5.92 Å². The summed E-state index contributed by atoms with van der Waals surface area (Å²) in [4.78, 5) is 16.8. The molecule has 2 aromatic heterocycles. The van der Waals surface area contributed by atoms with Crippen molar-refractivity contribution in [2.45, 2.75) is 51.6 Å². The highest BCUT2D eigenvalue weighted by Crippen LogP contribution is 2.38. The quantitative estimate of drug-likeness (QED) is 0.910. The van der Waals surface area contributed by atoms with Gasteiger partial charge in [-0.15, -0.1) is 11.3 Å². The first-order valence-corrected chi connectivity index (χ1v) is 10.2. The average molecular weight is 359 g/mol. The maximum Gasteiger partial charge on any atom is 0.257 e. The fraction of sp³-hybridized carbons (Fsp3) is 0.550. The maximum absolute atomic E-state index is 13.4. The first-order chi connectivity index (χ1) is 12.1. The number of aryl methyl sites for hydroxylation is 1. The lowest BCUT2D eigenvalue weighted by Crippen LogP contribution is -2.41. The third-order valence-electron chi connectivity index (χ3n) is 5.71. The van der Waals surface area contributed by atoms with Gasteiger partial charge in [-0.05, 0) is 69.1 Å². The minimum atomic E-state index is -0.276. The number of rotatable bonds is 3. The summed E-state index contributed by atoms with van der Waals surface area (Å²) in [5.74, 6) is 0.511. The molecule has 5 heteroatoms. The van der Waals surface area contributed by atoms with Crippen LogP contribution in [0.2, 0.25) is 0 Å². The predicted octanol–water partition coefficient (Wildman–Crippen LogP) is 3.65. The third kappa shape index (κ3) is 3.15. The van der Waals surface area contributed by atoms with Crippen LogP contribution in [0, 0.1) is 5.92 Å². The Kier molecular flexibility index (Phi) is 4.69. The van der Waals surface area contributed by atoms with E-state index in [9.17, 15) is 9.90 Å². The fourth-order valence-corrected chi connectivity index (χ4v) is 5.51. The number of piperidine rings is 1. The van der Waals surface area contributed by atoms with Gasteiger partial charge in [0, 0.05) is 30.4 Å². The molecule has 25 heavy (non-hydrogen) atoms. The van der Waals surface area contributed by atoms with E-state index in [1.54, 1.807) is 11.3 Å². The smallest absolute Gasteiger partial charge is 0.257 e. The van der Waals surface area contributed by atoms with Crippen molar-refractivity contribution < 1.29 is 9.90 Å². The van der Waals surface area contributed by atoms with E-state index in [2.05, 4.69) is 4.57 Å². The molecule has 2 aliphatic rings. The number of hydrogen-bond acceptors (Lipinski definition) is 3. The molecule has 0 saturated carbocycles. The van der Waals surface area contributed by atoms with Crippen molar-refractivity contribution in [1.29, 1.82) is 0 Å². The second-order valence-electron chi connectivity index (χ2n) is 7.35. The number of carbonyl (C=O) groups excluding carboxylic acids is 1. The van der Waals surface area contributed by atoms with Gasteiger partial charge >= 0.3 is 0 Å². The van der Waals surface area contributed by atoms with Gasteiger partial charge in [0.05, 0.1) is 11.7 Å². The molecule has 0 bridgehead atoms. The molecule has 134 valence electrons. The van der Waals surface area contributed by atoms with Gasteiger partial charge in [-0.2, -0.15) is 0 Å². The fourth-order valence-electron chi connectivity index (χ4n) is 4.17. The summed E-state index contributed by atoms with van der Waals surface area (Å²) in [7, 11) is 0. The zero-order valence-corrected chi connectivity index (χ0v) is 15.6. The number of nitrogens with zero attached hydrogens (tertiary/aromatic N) is 2. The number of aliphatic hydroxyl groups is 1. The summed E-state index contributed by atoms with van der Waals surface area (Å²) in [6.07, 6.45) is 10.1. The van der Waals surface area contributed by atoms with Gasteiger partial charge in [-0.1, -0.05) is 0 Å². The molecule has 1 atom stereocenters. The Balaban J connectivity index is 1.65. The molecule has 0 spiro atoms. The minimum absolute atomic E-state index is 0.187. The van der Waals surface area contributed by atoms with Crippen LogP contribution in [0.5, 0.6) is 0 Å². The van der Waals surface area contributed by atoms with Crippen LogP contribution >= 0.6 is 11.3 Å². The molecule has 2 aromatic rings. The summed E-state index contributed by atoms with van der Waals surface area (Å²) in [6, 6.07) is 4.03. The summed E-state index contributed by atoms with van der Waals surface area (Å²) in [5.41, 5.74) is 2.23. The lowest BCUT2D eigenvalue weighted by Gasteiger charge is -2.33. The predicted molar refractivity (Wildman–Crippen MR) is 101 cm³/mol. The molecular weight excluding hydrogens is 332 g/mol. The Morgan fingerprint density at radius 3 is 2.56 bits per heavy atom. The minimum Gasteiger partial charge on any atom is -0.393 e. The molecule has 1 N–H and O–H groups in total. The van der Waals surface area contributed by atoms with Crippen LogP contribution in [0.3, 0.4) is 0 Å². The summed E-state index contributed by atoms with van der Waals surface area (Å²) >= 11 is 1.79. The van der Waals surface area contributed by atoms with Crippen LogP contribution in [-0.4, -0.2) is 39.7 Å². The lowest BCUT2D eigenvalue weighted by molar-refractivity contribution is 0.0521. The van der Waals surface area contributed by atoms with Crippen molar-refractivity contribution in [1.82, 2.24) is 9.47 Å². The van der Waals surface area contributed by atoms with Crippen molar-refractivity contribution in [3.63, 3.8) is 0 Å². The van der Waals surface area contributed by atoms with E-state index in [0.29, 0.717) is 5.92 Å². The topological polar surface area (TPSA) is 45.5 Å². The Labute approximate surface area is 153 Å². The molecule has 1 aliphatic heterocycles. The number of likely N-dealkylation sites (tertiary alicyclic amines) is 1. The highest BCUT2D eigenvalue weighted by Gasteiger charge is 2.31. The van der Waals surface area contributed by atoms with Gasteiger partial charge in [-0.25, -0.2) is 0 Å². The monoisotopic (exact) mass is 358 g/mol. The van der Waals surface area contributed by atoms with Crippen LogP contribution in [0.4, 0.5) is 0 Å². The van der Waals surface area contributed by atoms with Gasteiger partial charge in [0.15, 0.2) is 0 Å². The molecule has 4 nitrogen and oxygen atoms in total. The molecule has 4 rings (SSSR count). The van der Waals surface area contributed by atoms with Crippen molar-refractivity contribution in [3.8, 4) is 5.00 Å². The van der Waals surface area contributed by atoms with E-state index in [0.717, 1.165) is 49.3 Å². The molecule has 1 saturated heterocycles. The zero-order chi connectivity index (χ0) is 17.4. The van der Waals surface area contributed by atoms with Crippen molar-refractivity contribution in [2.75, 3.05) is 13.1 Å². The number of carbonyl (C=O) groups is 1. The van der Waals surface area contributed by atoms with E-state index in [4.69, 9.17) is 0 Å². The standard InChI is InChI=1S/C20H26N2O2S/c1-14(23)15-8-12-21(13-9-15)19(24)18-16-6-2-3-7-17(16)25-20(18)22-10-4-5-11-22/h4-5,10-11,14-15,23H,2-3,6-9,12-13H2,1H3/t14-/m1/s1. The normalized spacial score (nSPS) is 19.7. The number of aliphatic hydroxyl groups excluding tert-OH is 1. The summed E-state index contributed by atoms with van der Waals surface area (Å²) < 4.78 is 2.10. The lowest BCUT2D eigenvalue weighted by atomic mass is 9.91. The maximum atomic E-state index is 13.4. The van der Waals surface area contributed by atoms with Gasteiger partial charge in [0.1, 0.15) is 5.00 Å². The number of hydrogen-bond donors (Lipinski definition) is 1. The van der Waals surface area contributed by atoms with Gasteiger partial charge in [0.25, 0.3) is 5.91 Å². The Morgan fingerprint density at radius 2 is 1.88 bits per heavy atom. The van der Waals surface area contributed by atoms with Gasteiger partial charge < -0.3 is 14.6 Å². The van der Waals surface area contributed by atoms with Crippen LogP contribution < -0.4 is 0 Å². The summed E-state index contributed by atoms with van der Waals surface area (Å²) in [6.45, 7) is 3.37. The van der Waals surface area contributed by atoms with Crippen LogP contribution in [0.25, 0.3) is 5.00 Å². The molecule has 3 heterocycles. The van der Waals surface area contributed by atoms with Gasteiger partial charge in [-0.3, -0.25) is 4.79 Å². The number of thiophene rings is 1. The molecule has 1 amide bonds. The van der Waals surface area contributed by atoms with Crippen LogP contribution in [0.15, 0.2) is 24.5 Å². The summed E-state index contributed by atoms with van der Waals surface area (Å²) in [5, 5.41) is 10.9. The molecule has 0 aromatic carbocycles. The molecule has 1 aliphatic carbocycles. The van der Waals surface area contributed by atoms with E-state index in [-0.39, 0.29) is 12.0 Å². The van der Waals surface area contributed by atoms with E-state index in [1.807, 2.05) is 36.4 Å². The molecule has 1 fully saturated rings. The average Bonchev–Trinajstić information content (AvgIpc) is 3.28. The number of amides is 1. The molecule has 0 radical (unpaired) electrons. The van der Waals surface area contributed by atoms with Crippen molar-refractivity contribution in [3.05, 3.63) is 40.5 Å². The first-order valence-electron chi connectivity index (χ1n) is 9.40. The van der Waals surface area contributed by atoms with Crippen LogP contribution in [-0.2, 0) is 12.8 Å². The Hall–Kier alpha value is -1.59. The SMILES string of the molecule is C[C@@H](O)C1CCN(C(=O)c2c(-n3cccc3)sc3c2CCCC3)CC1. The second kappa shape index (κ2) is 6.96. The van der Waals surface area contributed by atoms with E-state index >= 15 is 0 Å². The molecule has 0 unspecified atom stereocenters. The van der Waals surface area contributed by atoms with Crippen molar-refractivity contribution >= 4 is 17.2 Å². The van der Waals surface area contributed by atoms with E-state index in [1.165, 1.54) is 23.3 Å². The van der Waals surface area contributed by atoms with Crippen LogP contribution in [0.1, 0.15) is 53.4 Å². The first kappa shape index (κ1) is 16.9. The number of fused-ring (bicyclic) bond motifs is 1. The van der Waals surface area contributed by atoms with Gasteiger partial charge in [0.2, 0.25) is 0 Å². The zero-order valence-electron chi connectivity index (χ0n) is 14.8.